The summed E-state index contributed by atoms with van der Waals surface area (Å²) in [5.74, 6) is 0. The van der Waals surface area contributed by atoms with Gasteiger partial charge in [-0.1, -0.05) is 6.42 Å². The van der Waals surface area contributed by atoms with E-state index in [2.05, 4.69) is 12.2 Å². The van der Waals surface area contributed by atoms with E-state index >= 15 is 0 Å². The summed E-state index contributed by atoms with van der Waals surface area (Å²) in [6.07, 6.45) is 2.90. The molecule has 2 aliphatic heterocycles. The van der Waals surface area contributed by atoms with Crippen LogP contribution in [0.5, 0.6) is 0 Å². The Labute approximate surface area is 97.5 Å². The van der Waals surface area contributed by atoms with Crippen molar-refractivity contribution in [2.75, 3.05) is 7.05 Å². The number of nitrogens with one attached hydrogen (secondary N) is 1. The molecule has 16 heavy (non-hydrogen) atoms. The van der Waals surface area contributed by atoms with Gasteiger partial charge in [0, 0.05) is 17.6 Å². The van der Waals surface area contributed by atoms with Gasteiger partial charge in [-0.05, 0) is 40.1 Å². The standard InChI is InChI=1S/C11H22BFN2O/c1-11-6-4-5-9(15(11)12(2)16)10(13)8(7-11)14-3/h8-10,14,16H,4-7H2,1-3H3/t8-,9?,10-,11-/m0/s1. The summed E-state index contributed by atoms with van der Waals surface area (Å²) in [6.45, 7) is 3.91. The largest absolute Gasteiger partial charge is 0.437 e. The van der Waals surface area contributed by atoms with Gasteiger partial charge in [0.15, 0.2) is 0 Å². The van der Waals surface area contributed by atoms with Gasteiger partial charge in [-0.15, -0.1) is 0 Å². The Morgan fingerprint density at radius 2 is 2.25 bits per heavy atom. The van der Waals surface area contributed by atoms with Crippen LogP contribution in [0.15, 0.2) is 0 Å². The third-order valence-electron chi connectivity index (χ3n) is 4.38. The minimum Gasteiger partial charge on any atom is -0.437 e. The summed E-state index contributed by atoms with van der Waals surface area (Å²) in [7, 11) is 1.28. The van der Waals surface area contributed by atoms with Crippen molar-refractivity contribution in [3.63, 3.8) is 0 Å². The molecule has 2 N–H and O–H groups in total. The van der Waals surface area contributed by atoms with E-state index in [-0.39, 0.29) is 17.6 Å². The van der Waals surface area contributed by atoms with Gasteiger partial charge < -0.3 is 15.2 Å². The van der Waals surface area contributed by atoms with Crippen molar-refractivity contribution in [3.8, 4) is 0 Å². The zero-order valence-electron chi connectivity index (χ0n) is 10.4. The molecule has 0 aromatic heterocycles. The Balaban J connectivity index is 2.28. The molecule has 4 atom stereocenters. The highest BCUT2D eigenvalue weighted by atomic mass is 19.1. The second-order valence-electron chi connectivity index (χ2n) is 5.54. The molecule has 0 radical (unpaired) electrons. The topological polar surface area (TPSA) is 35.5 Å². The minimum atomic E-state index is -0.868. The molecule has 3 nitrogen and oxygen atoms in total. The van der Waals surface area contributed by atoms with E-state index in [1.54, 1.807) is 6.82 Å². The van der Waals surface area contributed by atoms with Crippen LogP contribution in [0.3, 0.4) is 0 Å². The van der Waals surface area contributed by atoms with Crippen LogP contribution in [0.25, 0.3) is 0 Å². The second-order valence-corrected chi connectivity index (χ2v) is 5.54. The number of nitrogens with zero attached hydrogens (tertiary/aromatic N) is 1. The van der Waals surface area contributed by atoms with Crippen molar-refractivity contribution >= 4 is 7.05 Å². The van der Waals surface area contributed by atoms with Crippen molar-refractivity contribution in [3.05, 3.63) is 0 Å². The number of alkyl halides is 1. The van der Waals surface area contributed by atoms with Crippen LogP contribution in [0.1, 0.15) is 32.6 Å². The average Bonchev–Trinajstić information content (AvgIpc) is 2.22. The molecule has 2 bridgehead atoms. The maximum absolute atomic E-state index is 14.3. The zero-order valence-corrected chi connectivity index (χ0v) is 10.4. The molecule has 92 valence electrons. The number of rotatable bonds is 2. The summed E-state index contributed by atoms with van der Waals surface area (Å²) >= 11 is 0. The van der Waals surface area contributed by atoms with Crippen molar-refractivity contribution in [2.24, 2.45) is 0 Å². The molecule has 2 aliphatic rings. The summed E-state index contributed by atoms with van der Waals surface area (Å²) in [6, 6.07) is -0.185. The van der Waals surface area contributed by atoms with Gasteiger partial charge in [0.05, 0.1) is 0 Å². The Bertz CT molecular complexity index is 266. The van der Waals surface area contributed by atoms with E-state index in [0.29, 0.717) is 0 Å². The van der Waals surface area contributed by atoms with Gasteiger partial charge in [-0.3, -0.25) is 0 Å². The third-order valence-corrected chi connectivity index (χ3v) is 4.38. The first kappa shape index (κ1) is 12.3. The maximum Gasteiger partial charge on any atom is 0.377 e. The number of fused-ring (bicyclic) bond motifs is 2. The number of piperidine rings is 2. The molecule has 2 saturated heterocycles. The molecule has 0 aromatic rings. The molecule has 2 fully saturated rings. The normalized spacial score (nSPS) is 44.4. The second kappa shape index (κ2) is 4.28. The fourth-order valence-corrected chi connectivity index (χ4v) is 3.72. The lowest BCUT2D eigenvalue weighted by molar-refractivity contribution is -0.0376. The van der Waals surface area contributed by atoms with Gasteiger partial charge in [-0.2, -0.15) is 0 Å². The predicted molar refractivity (Wildman–Crippen MR) is 64.1 cm³/mol. The number of hydrogen-bond acceptors (Lipinski definition) is 3. The van der Waals surface area contributed by atoms with Crippen LogP contribution >= 0.6 is 0 Å². The van der Waals surface area contributed by atoms with Crippen molar-refractivity contribution in [2.45, 2.75) is 63.2 Å². The smallest absolute Gasteiger partial charge is 0.377 e. The fourth-order valence-electron chi connectivity index (χ4n) is 3.72. The van der Waals surface area contributed by atoms with Crippen LogP contribution < -0.4 is 5.32 Å². The summed E-state index contributed by atoms with van der Waals surface area (Å²) < 4.78 is 14.3. The lowest BCUT2D eigenvalue weighted by atomic mass is 9.64. The molecule has 0 aromatic carbocycles. The van der Waals surface area contributed by atoms with Crippen LogP contribution in [0.4, 0.5) is 4.39 Å². The van der Waals surface area contributed by atoms with Crippen LogP contribution in [0, 0.1) is 0 Å². The van der Waals surface area contributed by atoms with E-state index < -0.39 is 13.2 Å². The SMILES string of the molecule is CN[C@H]1C[C@]2(C)CCCC([C@H]1F)N2B(C)O. The van der Waals surface area contributed by atoms with E-state index in [1.165, 1.54) is 0 Å². The molecule has 5 heteroatoms. The quantitative estimate of drug-likeness (QED) is 0.693. The first-order chi connectivity index (χ1) is 7.49. The molecule has 2 rings (SSSR count). The Hall–Kier alpha value is -0.125. The molecule has 0 amide bonds. The first-order valence-electron chi connectivity index (χ1n) is 6.27. The van der Waals surface area contributed by atoms with E-state index in [4.69, 9.17) is 0 Å². The summed E-state index contributed by atoms with van der Waals surface area (Å²) in [4.78, 5) is 2.00. The van der Waals surface area contributed by atoms with Gasteiger partial charge in [-0.25, -0.2) is 4.39 Å². The Morgan fingerprint density at radius 1 is 1.56 bits per heavy atom. The van der Waals surface area contributed by atoms with Crippen LogP contribution in [-0.2, 0) is 0 Å². The molecule has 0 aliphatic carbocycles. The molecule has 0 spiro atoms. The molecule has 0 saturated carbocycles. The predicted octanol–water partition coefficient (Wildman–Crippen LogP) is 1.04. The molecule has 1 unspecified atom stereocenters. The van der Waals surface area contributed by atoms with Crippen molar-refractivity contribution in [1.82, 2.24) is 10.1 Å². The van der Waals surface area contributed by atoms with Crippen LogP contribution in [0.2, 0.25) is 6.82 Å². The van der Waals surface area contributed by atoms with Crippen LogP contribution in [-0.4, -0.2) is 47.7 Å². The Morgan fingerprint density at radius 3 is 2.81 bits per heavy atom. The van der Waals surface area contributed by atoms with E-state index in [1.807, 2.05) is 11.9 Å². The average molecular weight is 228 g/mol. The van der Waals surface area contributed by atoms with Gasteiger partial charge in [0.25, 0.3) is 0 Å². The van der Waals surface area contributed by atoms with Gasteiger partial charge in [0.1, 0.15) is 6.17 Å². The number of hydrogen-bond donors (Lipinski definition) is 2. The highest BCUT2D eigenvalue weighted by Gasteiger charge is 2.53. The van der Waals surface area contributed by atoms with Crippen molar-refractivity contribution < 1.29 is 9.41 Å². The zero-order chi connectivity index (χ0) is 11.9. The third kappa shape index (κ3) is 1.79. The Kier molecular flexibility index (Phi) is 3.30. The molecular formula is C11H22BFN2O. The molecular weight excluding hydrogens is 206 g/mol. The van der Waals surface area contributed by atoms with Crippen molar-refractivity contribution in [1.29, 1.82) is 0 Å². The monoisotopic (exact) mass is 228 g/mol. The van der Waals surface area contributed by atoms with E-state index in [0.717, 1.165) is 25.7 Å². The van der Waals surface area contributed by atoms with Gasteiger partial charge >= 0.3 is 7.05 Å². The maximum atomic E-state index is 14.3. The van der Waals surface area contributed by atoms with Gasteiger partial charge in [0.2, 0.25) is 0 Å². The summed E-state index contributed by atoms with van der Waals surface area (Å²) in [5, 5.41) is 12.9. The fraction of sp³-hybridized carbons (Fsp3) is 1.00. The molecule has 2 heterocycles. The lowest BCUT2D eigenvalue weighted by Crippen LogP contribution is -2.70. The summed E-state index contributed by atoms with van der Waals surface area (Å²) in [5.41, 5.74) is -0.0483. The minimum absolute atomic E-state index is 0.0483. The lowest BCUT2D eigenvalue weighted by Gasteiger charge is -2.57. The highest BCUT2D eigenvalue weighted by molar-refractivity contribution is 6.45. The highest BCUT2D eigenvalue weighted by Crippen LogP contribution is 2.43. The first-order valence-corrected chi connectivity index (χ1v) is 6.27. The van der Waals surface area contributed by atoms with E-state index in [9.17, 15) is 9.41 Å². The number of halogens is 1.